The number of imidazole rings is 1. The van der Waals surface area contributed by atoms with Gasteiger partial charge in [-0.15, -0.1) is 11.3 Å². The van der Waals surface area contributed by atoms with Gasteiger partial charge in [0.15, 0.2) is 5.16 Å². The van der Waals surface area contributed by atoms with Crippen LogP contribution in [-0.4, -0.2) is 26.8 Å². The summed E-state index contributed by atoms with van der Waals surface area (Å²) in [5.74, 6) is 0.124. The smallest absolute Gasteiger partial charge is 0.348 e. The number of carboxylic acid groups (broad SMARTS) is 1. The van der Waals surface area contributed by atoms with Crippen molar-refractivity contribution in [3.8, 4) is 0 Å². The standard InChI is InChI=1S/C11H14N2O2S2/c1-3-4-5-16-11-12-7-6(2)17-9(10(14)15)8(7)13-11/h3-5H2,1-2H3,(H,12,13)(H,14,15). The lowest BCUT2D eigenvalue weighted by molar-refractivity contribution is 0.0704. The van der Waals surface area contributed by atoms with E-state index in [1.54, 1.807) is 11.8 Å². The monoisotopic (exact) mass is 270 g/mol. The Labute approximate surface area is 107 Å². The Hall–Kier alpha value is -1.01. The maximum atomic E-state index is 11.1. The van der Waals surface area contributed by atoms with Gasteiger partial charge in [0, 0.05) is 10.6 Å². The maximum absolute atomic E-state index is 11.1. The zero-order valence-electron chi connectivity index (χ0n) is 9.74. The van der Waals surface area contributed by atoms with Crippen LogP contribution in [0, 0.1) is 6.92 Å². The minimum absolute atomic E-state index is 0.354. The third kappa shape index (κ3) is 2.47. The number of H-pyrrole nitrogens is 1. The summed E-state index contributed by atoms with van der Waals surface area (Å²) in [6.07, 6.45) is 2.30. The molecule has 0 bridgehead atoms. The molecule has 0 fully saturated rings. The summed E-state index contributed by atoms with van der Waals surface area (Å²) in [5.41, 5.74) is 1.46. The fourth-order valence-electron chi connectivity index (χ4n) is 1.56. The first-order chi connectivity index (χ1) is 8.13. The Bertz CT molecular complexity index is 545. The molecule has 0 aliphatic heterocycles. The average molecular weight is 270 g/mol. The quantitative estimate of drug-likeness (QED) is 0.644. The van der Waals surface area contributed by atoms with Crippen LogP contribution < -0.4 is 0 Å². The molecule has 2 aromatic rings. The van der Waals surface area contributed by atoms with Gasteiger partial charge in [0.2, 0.25) is 0 Å². The average Bonchev–Trinajstić information content (AvgIpc) is 2.80. The number of aryl methyl sites for hydroxylation is 1. The van der Waals surface area contributed by atoms with Gasteiger partial charge in [-0.1, -0.05) is 25.1 Å². The summed E-state index contributed by atoms with van der Waals surface area (Å²) in [4.78, 5) is 19.9. The number of carbonyl (C=O) groups is 1. The van der Waals surface area contributed by atoms with Gasteiger partial charge in [-0.25, -0.2) is 9.78 Å². The Balaban J connectivity index is 2.30. The molecule has 0 saturated carbocycles. The van der Waals surface area contributed by atoms with Gasteiger partial charge in [0.25, 0.3) is 0 Å². The molecule has 6 heteroatoms. The van der Waals surface area contributed by atoms with E-state index in [-0.39, 0.29) is 0 Å². The Morgan fingerprint density at radius 1 is 1.59 bits per heavy atom. The fourth-order valence-corrected chi connectivity index (χ4v) is 3.40. The van der Waals surface area contributed by atoms with Gasteiger partial charge in [-0.05, 0) is 13.3 Å². The molecule has 2 heterocycles. The van der Waals surface area contributed by atoms with E-state index in [0.29, 0.717) is 10.4 Å². The van der Waals surface area contributed by atoms with Crippen LogP contribution in [0.3, 0.4) is 0 Å². The highest BCUT2D eigenvalue weighted by Crippen LogP contribution is 2.31. The normalized spacial score (nSPS) is 11.2. The molecule has 2 aromatic heterocycles. The van der Waals surface area contributed by atoms with Crippen LogP contribution in [0.4, 0.5) is 0 Å². The molecule has 2 rings (SSSR count). The number of nitrogens with zero attached hydrogens (tertiary/aromatic N) is 1. The van der Waals surface area contributed by atoms with Gasteiger partial charge in [-0.3, -0.25) is 0 Å². The molecule has 2 N–H and O–H groups in total. The predicted molar refractivity (Wildman–Crippen MR) is 71.3 cm³/mol. The van der Waals surface area contributed by atoms with Crippen molar-refractivity contribution in [2.24, 2.45) is 0 Å². The molecule has 0 aliphatic carbocycles. The second-order valence-electron chi connectivity index (χ2n) is 3.76. The van der Waals surface area contributed by atoms with Crippen LogP contribution in [-0.2, 0) is 0 Å². The van der Waals surface area contributed by atoms with Crippen molar-refractivity contribution < 1.29 is 9.90 Å². The van der Waals surface area contributed by atoms with Crippen molar-refractivity contribution in [3.05, 3.63) is 9.75 Å². The molecular weight excluding hydrogens is 256 g/mol. The highest BCUT2D eigenvalue weighted by atomic mass is 32.2. The van der Waals surface area contributed by atoms with Crippen LogP contribution in [0.25, 0.3) is 11.0 Å². The van der Waals surface area contributed by atoms with Gasteiger partial charge >= 0.3 is 5.97 Å². The molecule has 0 amide bonds. The van der Waals surface area contributed by atoms with E-state index in [4.69, 9.17) is 5.11 Å². The summed E-state index contributed by atoms with van der Waals surface area (Å²) < 4.78 is 0. The fraction of sp³-hybridized carbons (Fsp3) is 0.455. The number of nitrogens with one attached hydrogen (secondary N) is 1. The number of aromatic carboxylic acids is 1. The van der Waals surface area contributed by atoms with E-state index >= 15 is 0 Å². The first kappa shape index (κ1) is 12.4. The molecule has 4 nitrogen and oxygen atoms in total. The van der Waals surface area contributed by atoms with E-state index in [1.165, 1.54) is 11.3 Å². The minimum Gasteiger partial charge on any atom is -0.477 e. The Morgan fingerprint density at radius 3 is 3.00 bits per heavy atom. The number of unbranched alkanes of at least 4 members (excludes halogenated alkanes) is 1. The number of fused-ring (bicyclic) bond motifs is 1. The molecule has 92 valence electrons. The number of thioether (sulfide) groups is 1. The maximum Gasteiger partial charge on any atom is 0.348 e. The van der Waals surface area contributed by atoms with E-state index in [9.17, 15) is 4.79 Å². The molecule has 17 heavy (non-hydrogen) atoms. The van der Waals surface area contributed by atoms with E-state index in [0.717, 1.165) is 34.1 Å². The lowest BCUT2D eigenvalue weighted by Gasteiger charge is -1.94. The predicted octanol–water partition coefficient (Wildman–Crippen LogP) is 3.52. The lowest BCUT2D eigenvalue weighted by atomic mass is 10.3. The molecule has 0 aliphatic rings. The lowest BCUT2D eigenvalue weighted by Crippen LogP contribution is -1.92. The summed E-state index contributed by atoms with van der Waals surface area (Å²) in [6, 6.07) is 0. The van der Waals surface area contributed by atoms with Gasteiger partial charge in [-0.2, -0.15) is 0 Å². The number of thiophene rings is 1. The van der Waals surface area contributed by atoms with E-state index < -0.39 is 5.97 Å². The molecule has 0 saturated heterocycles. The second-order valence-corrected chi connectivity index (χ2v) is 6.07. The van der Waals surface area contributed by atoms with Crippen LogP contribution in [0.1, 0.15) is 34.3 Å². The molecule has 0 unspecified atom stereocenters. The zero-order chi connectivity index (χ0) is 12.4. The number of hydrogen-bond donors (Lipinski definition) is 2. The molecule has 0 radical (unpaired) electrons. The van der Waals surface area contributed by atoms with Gasteiger partial charge in [0.1, 0.15) is 10.4 Å². The topological polar surface area (TPSA) is 66.0 Å². The summed E-state index contributed by atoms with van der Waals surface area (Å²) in [5, 5.41) is 9.90. The highest BCUT2D eigenvalue weighted by Gasteiger charge is 2.18. The number of aromatic amines is 1. The van der Waals surface area contributed by atoms with Crippen molar-refractivity contribution in [3.63, 3.8) is 0 Å². The van der Waals surface area contributed by atoms with E-state index in [2.05, 4.69) is 16.9 Å². The summed E-state index contributed by atoms with van der Waals surface area (Å²) >= 11 is 2.93. The number of rotatable bonds is 5. The first-order valence-corrected chi connectivity index (χ1v) is 7.29. The minimum atomic E-state index is -0.887. The SMILES string of the molecule is CCCCSc1nc2c(C)sc(C(=O)O)c2[nH]1. The largest absolute Gasteiger partial charge is 0.477 e. The third-order valence-electron chi connectivity index (χ3n) is 2.43. The van der Waals surface area contributed by atoms with Crippen molar-refractivity contribution in [1.82, 2.24) is 9.97 Å². The second kappa shape index (κ2) is 5.10. The van der Waals surface area contributed by atoms with Crippen molar-refractivity contribution in [2.45, 2.75) is 31.8 Å². The number of hydrogen-bond acceptors (Lipinski definition) is 4. The Kier molecular flexibility index (Phi) is 3.73. The highest BCUT2D eigenvalue weighted by molar-refractivity contribution is 7.99. The van der Waals surface area contributed by atoms with Crippen molar-refractivity contribution >= 4 is 40.1 Å². The molecule has 0 aromatic carbocycles. The van der Waals surface area contributed by atoms with E-state index in [1.807, 2.05) is 6.92 Å². The summed E-state index contributed by atoms with van der Waals surface area (Å²) in [7, 11) is 0. The zero-order valence-corrected chi connectivity index (χ0v) is 11.4. The van der Waals surface area contributed by atoms with Crippen LogP contribution in [0.2, 0.25) is 0 Å². The number of carboxylic acids is 1. The van der Waals surface area contributed by atoms with Crippen molar-refractivity contribution in [2.75, 3.05) is 5.75 Å². The summed E-state index contributed by atoms with van der Waals surface area (Å²) in [6.45, 7) is 4.05. The first-order valence-electron chi connectivity index (χ1n) is 5.48. The van der Waals surface area contributed by atoms with Crippen molar-refractivity contribution in [1.29, 1.82) is 0 Å². The molecule has 0 spiro atoms. The molecular formula is C11H14N2O2S2. The molecule has 0 atom stereocenters. The number of aromatic nitrogens is 2. The van der Waals surface area contributed by atoms with Gasteiger partial charge < -0.3 is 10.1 Å². The van der Waals surface area contributed by atoms with Gasteiger partial charge in [0.05, 0.1) is 5.52 Å². The van der Waals surface area contributed by atoms with Crippen LogP contribution in [0.15, 0.2) is 5.16 Å². The van der Waals surface area contributed by atoms with Crippen LogP contribution in [0.5, 0.6) is 0 Å². The van der Waals surface area contributed by atoms with Crippen LogP contribution >= 0.6 is 23.1 Å². The Morgan fingerprint density at radius 2 is 2.35 bits per heavy atom. The third-order valence-corrected chi connectivity index (χ3v) is 4.47.